The summed E-state index contributed by atoms with van der Waals surface area (Å²) in [6.45, 7) is -0.998. The van der Waals surface area contributed by atoms with E-state index in [2.05, 4.69) is 32.6 Å². The first-order valence-electron chi connectivity index (χ1n) is 10.5. The van der Waals surface area contributed by atoms with E-state index in [1.165, 1.54) is 10.9 Å². The molecular weight excluding hydrogens is 609 g/mol. The Bertz CT molecular complexity index is 1550. The third-order valence-corrected chi connectivity index (χ3v) is 9.30. The number of anilines is 1. The van der Waals surface area contributed by atoms with Crippen LogP contribution in [0.1, 0.15) is 6.23 Å². The number of fused-ring (bicyclic) bond motifs is 1. The number of nitrogens with zero attached hydrogens (tertiary/aromatic N) is 5. The number of hydrogen-bond donors (Lipinski definition) is 6. The van der Waals surface area contributed by atoms with Crippen LogP contribution in [-0.4, -0.2) is 74.3 Å². The number of rotatable bonds is 11. The molecule has 1 saturated heterocycles. The molecule has 0 aliphatic carbocycles. The minimum Gasteiger partial charge on any atom is -0.404 e. The molecule has 40 heavy (non-hydrogen) atoms. The summed E-state index contributed by atoms with van der Waals surface area (Å²) in [6.07, 6.45) is -3.88. The van der Waals surface area contributed by atoms with Crippen LogP contribution in [0.3, 0.4) is 0 Å². The molecule has 3 aromatic rings. The summed E-state index contributed by atoms with van der Waals surface area (Å²) in [5.74, 6) is -0.476. The minimum atomic E-state index is -5.85. The van der Waals surface area contributed by atoms with Gasteiger partial charge in [-0.2, -0.15) is 8.62 Å². The zero-order valence-electron chi connectivity index (χ0n) is 19.5. The van der Waals surface area contributed by atoms with Crippen molar-refractivity contribution in [2.45, 2.75) is 24.5 Å². The minimum absolute atomic E-state index is 0.0243. The Balaban J connectivity index is 1.36. The number of aliphatic hydroxyl groups excluding tert-OH is 2. The molecule has 0 bridgehead atoms. The smallest absolute Gasteiger partial charge is 0.404 e. The van der Waals surface area contributed by atoms with E-state index in [0.717, 1.165) is 30.6 Å². The Morgan fingerprint density at radius 3 is 2.30 bits per heavy atom. The van der Waals surface area contributed by atoms with Crippen molar-refractivity contribution in [1.29, 1.82) is 0 Å². The summed E-state index contributed by atoms with van der Waals surface area (Å²) >= 11 is 0. The number of nitro groups is 1. The molecular formula is C16H19N6O15P3. The number of aliphatic hydroxyl groups is 2. The summed E-state index contributed by atoms with van der Waals surface area (Å²) < 4.78 is 60.0. The summed E-state index contributed by atoms with van der Waals surface area (Å²) in [5, 5.41) is 31.4. The highest BCUT2D eigenvalue weighted by Gasteiger charge is 2.47. The molecule has 1 aromatic carbocycles. The average molecular weight is 628 g/mol. The van der Waals surface area contributed by atoms with Crippen LogP contribution in [0, 0.1) is 10.1 Å². The van der Waals surface area contributed by atoms with Gasteiger partial charge in [0.2, 0.25) is 0 Å². The zero-order valence-corrected chi connectivity index (χ0v) is 22.1. The van der Waals surface area contributed by atoms with Gasteiger partial charge in [0.05, 0.1) is 17.9 Å². The van der Waals surface area contributed by atoms with Crippen molar-refractivity contribution in [1.82, 2.24) is 19.5 Å². The summed E-state index contributed by atoms with van der Waals surface area (Å²) in [7, 11) is -16.9. The van der Waals surface area contributed by atoms with Gasteiger partial charge < -0.3 is 35.0 Å². The number of phosphoric ester groups is 2. The van der Waals surface area contributed by atoms with Crippen molar-refractivity contribution < 1.29 is 65.9 Å². The van der Waals surface area contributed by atoms with Crippen LogP contribution in [0.15, 0.2) is 36.9 Å². The Hall–Kier alpha value is -2.90. The summed E-state index contributed by atoms with van der Waals surface area (Å²) in [4.78, 5) is 50.8. The van der Waals surface area contributed by atoms with Gasteiger partial charge in [0.15, 0.2) is 17.7 Å². The SMILES string of the molecule is Nc1ncnc2c1ncn2[C@@H]1O[C@H](COP(=O)(O)OP(=O)(O)OP(=O)(O)Oc2ccc([N+](=O)[O-])cc2)[C@@H](O)[C@H]1O. The molecule has 1 aliphatic rings. The van der Waals surface area contributed by atoms with Crippen LogP contribution >= 0.6 is 23.5 Å². The Morgan fingerprint density at radius 2 is 1.65 bits per heavy atom. The standard InChI is InChI=1S/C16H19N6O15P3/c17-14-11-15(19-6-18-14)21(7-20-11)16-13(24)12(23)10(34-16)5-33-38(27,28)36-40(31,32)37-39(29,30)35-9-3-1-8(2-4-9)22(25)26/h1-4,6-7,10,12-13,16,23-24H,5H2,(H,27,28)(H,29,30)(H,31,32)(H2,17,18,19)/t10-,12-,13-,16-/m1/s1. The van der Waals surface area contributed by atoms with E-state index in [-0.39, 0.29) is 17.0 Å². The Kier molecular flexibility index (Phi) is 8.40. The molecule has 0 saturated carbocycles. The molecule has 0 spiro atoms. The van der Waals surface area contributed by atoms with Crippen molar-refractivity contribution >= 4 is 46.1 Å². The van der Waals surface area contributed by atoms with E-state index in [1.807, 2.05) is 0 Å². The number of ether oxygens (including phenoxy) is 1. The van der Waals surface area contributed by atoms with Crippen molar-refractivity contribution in [3.05, 3.63) is 47.0 Å². The van der Waals surface area contributed by atoms with Gasteiger partial charge in [-0.25, -0.2) is 28.6 Å². The highest BCUT2D eigenvalue weighted by molar-refractivity contribution is 7.67. The van der Waals surface area contributed by atoms with E-state index >= 15 is 0 Å². The first kappa shape index (κ1) is 30.1. The van der Waals surface area contributed by atoms with Crippen molar-refractivity contribution in [3.8, 4) is 5.75 Å². The lowest BCUT2D eigenvalue weighted by molar-refractivity contribution is -0.384. The predicted molar refractivity (Wildman–Crippen MR) is 127 cm³/mol. The van der Waals surface area contributed by atoms with Gasteiger partial charge in [0, 0.05) is 12.1 Å². The number of nitrogen functional groups attached to an aromatic ring is 1. The van der Waals surface area contributed by atoms with Gasteiger partial charge in [-0.3, -0.25) is 24.1 Å². The molecule has 24 heteroatoms. The number of nitro benzene ring substituents is 1. The predicted octanol–water partition coefficient (Wildman–Crippen LogP) is 0.366. The molecule has 3 unspecified atom stereocenters. The second-order valence-electron chi connectivity index (χ2n) is 7.84. The molecule has 1 aliphatic heterocycles. The number of phosphoric acid groups is 3. The second kappa shape index (κ2) is 11.2. The first-order chi connectivity index (χ1) is 18.6. The topological polar surface area (TPSA) is 311 Å². The maximum absolute atomic E-state index is 12.2. The molecule has 7 N–H and O–H groups in total. The van der Waals surface area contributed by atoms with Gasteiger partial charge in [-0.05, 0) is 12.1 Å². The molecule has 7 atom stereocenters. The third kappa shape index (κ3) is 6.87. The molecule has 4 rings (SSSR count). The maximum Gasteiger partial charge on any atom is 0.536 e. The number of imidazole rings is 1. The maximum atomic E-state index is 12.2. The normalized spacial score (nSPS) is 25.6. The molecule has 1 fully saturated rings. The average Bonchev–Trinajstić information content (AvgIpc) is 3.38. The fourth-order valence-electron chi connectivity index (χ4n) is 3.40. The largest absolute Gasteiger partial charge is 0.536 e. The van der Waals surface area contributed by atoms with Gasteiger partial charge in [0.25, 0.3) is 5.69 Å². The molecule has 0 amide bonds. The molecule has 0 radical (unpaired) electrons. The number of hydrogen-bond acceptors (Lipinski definition) is 16. The fourth-order valence-corrected chi connectivity index (χ4v) is 6.92. The van der Waals surface area contributed by atoms with Crippen molar-refractivity contribution in [2.24, 2.45) is 0 Å². The third-order valence-electron chi connectivity index (χ3n) is 5.08. The number of non-ortho nitro benzene ring substituents is 1. The van der Waals surface area contributed by atoms with E-state index < -0.39 is 71.0 Å². The van der Waals surface area contributed by atoms with E-state index in [4.69, 9.17) is 10.5 Å². The molecule has 3 heterocycles. The van der Waals surface area contributed by atoms with Crippen LogP contribution in [0.4, 0.5) is 11.5 Å². The van der Waals surface area contributed by atoms with E-state index in [9.17, 15) is 48.7 Å². The Labute approximate surface area is 221 Å². The van der Waals surface area contributed by atoms with Crippen LogP contribution in [0.2, 0.25) is 0 Å². The lowest BCUT2D eigenvalue weighted by atomic mass is 10.1. The number of nitrogens with two attached hydrogens (primary N) is 1. The second-order valence-corrected chi connectivity index (χ2v) is 12.4. The van der Waals surface area contributed by atoms with E-state index in [1.54, 1.807) is 0 Å². The quantitative estimate of drug-likeness (QED) is 0.0948. The van der Waals surface area contributed by atoms with Gasteiger partial charge in [-0.1, -0.05) is 0 Å². The molecule has 21 nitrogen and oxygen atoms in total. The number of benzene rings is 1. The summed E-state index contributed by atoms with van der Waals surface area (Å²) in [5.41, 5.74) is 5.60. The zero-order chi connectivity index (χ0) is 29.5. The summed E-state index contributed by atoms with van der Waals surface area (Å²) in [6, 6.07) is 3.52. The van der Waals surface area contributed by atoms with Gasteiger partial charge in [0.1, 0.15) is 35.9 Å². The first-order valence-corrected chi connectivity index (χ1v) is 15.0. The van der Waals surface area contributed by atoms with Crippen molar-refractivity contribution in [2.75, 3.05) is 12.3 Å². The van der Waals surface area contributed by atoms with Crippen molar-refractivity contribution in [3.63, 3.8) is 0 Å². The van der Waals surface area contributed by atoms with Crippen LogP contribution in [0.25, 0.3) is 11.2 Å². The van der Waals surface area contributed by atoms with Crippen LogP contribution < -0.4 is 10.3 Å². The molecule has 2 aromatic heterocycles. The van der Waals surface area contributed by atoms with Crippen LogP contribution in [-0.2, 0) is 31.6 Å². The van der Waals surface area contributed by atoms with Crippen LogP contribution in [0.5, 0.6) is 5.75 Å². The van der Waals surface area contributed by atoms with Gasteiger partial charge in [-0.15, -0.1) is 0 Å². The fraction of sp³-hybridized carbons (Fsp3) is 0.312. The number of aromatic nitrogens is 4. The highest BCUT2D eigenvalue weighted by atomic mass is 31.3. The molecule has 218 valence electrons. The lowest BCUT2D eigenvalue weighted by Gasteiger charge is -2.20. The van der Waals surface area contributed by atoms with E-state index in [0.29, 0.717) is 0 Å². The Morgan fingerprint density at radius 1 is 1.00 bits per heavy atom. The monoisotopic (exact) mass is 628 g/mol. The lowest BCUT2D eigenvalue weighted by Crippen LogP contribution is -2.33. The highest BCUT2D eigenvalue weighted by Crippen LogP contribution is 2.67. The van der Waals surface area contributed by atoms with Gasteiger partial charge >= 0.3 is 23.5 Å².